The monoisotopic (exact) mass is 1290 g/mol. The van der Waals surface area contributed by atoms with Gasteiger partial charge >= 0.3 is 28.4 Å². The first-order valence-electron chi connectivity index (χ1n) is 29.9. The minimum absolute atomic E-state index is 0.0269. The molecule has 0 saturated carbocycles. The zero-order valence-electron chi connectivity index (χ0n) is 51.5. The van der Waals surface area contributed by atoms with Crippen LogP contribution in [0.4, 0.5) is 4.79 Å². The fourth-order valence-electron chi connectivity index (χ4n) is 9.44. The Morgan fingerprint density at radius 2 is 0.967 bits per heavy atom. The average Bonchev–Trinajstić information content (AvgIpc) is 1.81. The van der Waals surface area contributed by atoms with Crippen LogP contribution in [-0.4, -0.2) is 154 Å². The second kappa shape index (κ2) is 36.5. The number of amides is 9. The molecule has 0 unspecified atom stereocenters. The molecule has 0 aliphatic carbocycles. The van der Waals surface area contributed by atoms with Crippen LogP contribution < -0.4 is 58.2 Å². The number of aromatic amines is 1. The SMILES string of the molecule is CCCC[C@H](NC(=O)[C@H](Cc1c[nH]c2ccccc12)NC(=O)[C@H](CCCCN)NC(=O)[C@H](CCCC)NC(=O)[C@H](Cc1ccc(OS(=O)(=O)O)cc1)NC(=O)[C@H](CCC(=O)O)NC(=O)OC(C)(C)C)C(=O)N[C@@H](CC(=O)O)C(=O)N[C@@H](Cc1ccccc1)C(N)=O. The number of aliphatic carboxylic acids is 2. The molecule has 9 amide bonds. The number of primary amides is 1. The minimum Gasteiger partial charge on any atom is -0.481 e. The maximum Gasteiger partial charge on any atom is 0.446 e. The third-order valence-electron chi connectivity index (χ3n) is 14.1. The number of rotatable bonds is 39. The number of H-pyrrole nitrogens is 1. The van der Waals surface area contributed by atoms with E-state index in [2.05, 4.69) is 51.7 Å². The Labute approximate surface area is 527 Å². The van der Waals surface area contributed by atoms with Crippen molar-refractivity contribution in [2.45, 2.75) is 185 Å². The lowest BCUT2D eigenvalue weighted by Gasteiger charge is -2.28. The van der Waals surface area contributed by atoms with Gasteiger partial charge in [0.1, 0.15) is 59.7 Å². The van der Waals surface area contributed by atoms with Crippen LogP contribution in [0, 0.1) is 0 Å². The van der Waals surface area contributed by atoms with Crippen LogP contribution in [0.2, 0.25) is 0 Å². The van der Waals surface area contributed by atoms with Crippen molar-refractivity contribution in [3.63, 3.8) is 0 Å². The highest BCUT2D eigenvalue weighted by atomic mass is 32.3. The zero-order chi connectivity index (χ0) is 67.4. The molecule has 8 atom stereocenters. The van der Waals surface area contributed by atoms with Gasteiger partial charge in [-0.15, -0.1) is 0 Å². The minimum atomic E-state index is -4.94. The molecular weight excluding hydrogens is 1210 g/mol. The van der Waals surface area contributed by atoms with Gasteiger partial charge < -0.3 is 78.1 Å². The summed E-state index contributed by atoms with van der Waals surface area (Å²) in [5.41, 5.74) is 12.6. The summed E-state index contributed by atoms with van der Waals surface area (Å²) in [6.07, 6.45) is 0.128. The van der Waals surface area contributed by atoms with E-state index in [1.807, 2.05) is 13.8 Å². The van der Waals surface area contributed by atoms with E-state index in [0.717, 1.165) is 12.1 Å². The summed E-state index contributed by atoms with van der Waals surface area (Å²) in [6, 6.07) is 8.50. The number of nitrogens with one attached hydrogen (secondary N) is 9. The predicted molar refractivity (Wildman–Crippen MR) is 331 cm³/mol. The summed E-state index contributed by atoms with van der Waals surface area (Å²) < 4.78 is 41.8. The largest absolute Gasteiger partial charge is 0.481 e. The summed E-state index contributed by atoms with van der Waals surface area (Å²) in [4.78, 5) is 153. The Morgan fingerprint density at radius 3 is 1.46 bits per heavy atom. The standard InChI is InChI=1S/C61H85N11O18S/c1-6-8-20-42(66-57(82)47(32-37-24-26-39(27-25-37)90-91(86,87)88)69-56(81)45(28-29-50(73)74)72-60(85)89-61(3,4)5)53(78)65-44(23-15-16-30-62)55(80)70-48(33-38-35-64-41-22-14-13-19-40(38)41)58(83)67-43(21-9-7-2)54(79)71-49(34-51(75)76)59(84)68-46(52(63)77)31-36-17-11-10-12-18-36/h10-14,17-19,22,24-27,35,42-49,64H,6-9,15-16,20-21,23,28-34,62H2,1-5H3,(H2,63,77)(H,65,78)(H,66,82)(H,67,83)(H,68,84)(H,69,81)(H,70,80)(H,71,79)(H,72,85)(H,73,74)(H,75,76)(H,86,87,88)/t42-,43-,44-,45-,46-,47-,48-,49-/m0/s1. The number of fused-ring (bicyclic) bond motifs is 1. The molecule has 16 N–H and O–H groups in total. The number of nitrogens with two attached hydrogens (primary N) is 2. The molecule has 0 saturated heterocycles. The molecule has 4 rings (SSSR count). The lowest BCUT2D eigenvalue weighted by Crippen LogP contribution is -2.61. The van der Waals surface area contributed by atoms with Crippen LogP contribution in [0.5, 0.6) is 5.75 Å². The Kier molecular flexibility index (Phi) is 29.8. The van der Waals surface area contributed by atoms with Crippen LogP contribution in [0.25, 0.3) is 10.9 Å². The number of benzene rings is 3. The Hall–Kier alpha value is -9.16. The molecule has 91 heavy (non-hydrogen) atoms. The molecule has 0 spiro atoms. The first kappa shape index (κ1) is 74.3. The third kappa shape index (κ3) is 26.8. The Morgan fingerprint density at radius 1 is 0.527 bits per heavy atom. The number of unbranched alkanes of at least 4 members (excludes halogenated alkanes) is 3. The summed E-state index contributed by atoms with van der Waals surface area (Å²) in [7, 11) is -4.94. The van der Waals surface area contributed by atoms with E-state index >= 15 is 0 Å². The van der Waals surface area contributed by atoms with Gasteiger partial charge in [0.2, 0.25) is 47.3 Å². The molecule has 29 nitrogen and oxygen atoms in total. The molecule has 498 valence electrons. The summed E-state index contributed by atoms with van der Waals surface area (Å²) >= 11 is 0. The summed E-state index contributed by atoms with van der Waals surface area (Å²) in [5.74, 6) is -10.7. The van der Waals surface area contributed by atoms with Gasteiger partial charge in [0.15, 0.2) is 0 Å². The predicted octanol–water partition coefficient (Wildman–Crippen LogP) is 2.00. The van der Waals surface area contributed by atoms with Crippen molar-refractivity contribution >= 4 is 86.6 Å². The van der Waals surface area contributed by atoms with E-state index < -0.39 is 149 Å². The second-order valence-electron chi connectivity index (χ2n) is 22.7. The first-order valence-corrected chi connectivity index (χ1v) is 31.3. The molecule has 0 aliphatic heterocycles. The molecule has 0 radical (unpaired) electrons. The number of hydrogen-bond donors (Lipinski definition) is 14. The number of carboxylic acid groups (broad SMARTS) is 2. The van der Waals surface area contributed by atoms with Crippen LogP contribution in [0.3, 0.4) is 0 Å². The van der Waals surface area contributed by atoms with Gasteiger partial charge in [0.25, 0.3) is 0 Å². The maximum absolute atomic E-state index is 14.8. The molecular formula is C61H85N11O18S. The van der Waals surface area contributed by atoms with Gasteiger partial charge in [-0.05, 0) is 101 Å². The van der Waals surface area contributed by atoms with E-state index in [1.54, 1.807) is 81.6 Å². The van der Waals surface area contributed by atoms with E-state index in [1.165, 1.54) is 12.1 Å². The van der Waals surface area contributed by atoms with E-state index in [9.17, 15) is 75.9 Å². The Balaban J connectivity index is 1.69. The van der Waals surface area contributed by atoms with Crippen LogP contribution in [0.1, 0.15) is 128 Å². The van der Waals surface area contributed by atoms with Gasteiger partial charge in [-0.3, -0.25) is 52.5 Å². The van der Waals surface area contributed by atoms with Crippen molar-refractivity contribution in [1.29, 1.82) is 0 Å². The van der Waals surface area contributed by atoms with Crippen molar-refractivity contribution in [1.82, 2.24) is 47.5 Å². The van der Waals surface area contributed by atoms with E-state index in [4.69, 9.17) is 16.2 Å². The number of para-hydroxylation sites is 1. The molecule has 30 heteroatoms. The highest BCUT2D eigenvalue weighted by molar-refractivity contribution is 7.81. The van der Waals surface area contributed by atoms with Crippen molar-refractivity contribution in [2.75, 3.05) is 6.54 Å². The van der Waals surface area contributed by atoms with Gasteiger partial charge in [-0.25, -0.2) is 4.79 Å². The van der Waals surface area contributed by atoms with Crippen molar-refractivity contribution < 1.29 is 84.8 Å². The van der Waals surface area contributed by atoms with Crippen LogP contribution >= 0.6 is 0 Å². The maximum atomic E-state index is 14.8. The molecule has 0 aliphatic rings. The van der Waals surface area contributed by atoms with E-state index in [0.29, 0.717) is 54.1 Å². The van der Waals surface area contributed by atoms with E-state index in [-0.39, 0.29) is 62.8 Å². The fraction of sp³-hybridized carbons (Fsp3) is 0.492. The van der Waals surface area contributed by atoms with Crippen molar-refractivity contribution in [2.24, 2.45) is 11.5 Å². The van der Waals surface area contributed by atoms with Gasteiger partial charge in [-0.1, -0.05) is 100 Å². The Bertz CT molecular complexity index is 3250. The van der Waals surface area contributed by atoms with Gasteiger partial charge in [-0.2, -0.15) is 8.42 Å². The number of alkyl carbamates (subject to hydrolysis) is 1. The highest BCUT2D eigenvalue weighted by Gasteiger charge is 2.36. The number of hydrogen-bond acceptors (Lipinski definition) is 16. The smallest absolute Gasteiger partial charge is 0.446 e. The second-order valence-corrected chi connectivity index (χ2v) is 23.8. The molecule has 0 bridgehead atoms. The van der Waals surface area contributed by atoms with Crippen molar-refractivity contribution in [3.8, 4) is 5.75 Å². The molecule has 3 aromatic carbocycles. The quantitative estimate of drug-likeness (QED) is 0.0224. The summed E-state index contributed by atoms with van der Waals surface area (Å²) in [5, 5.41) is 40.6. The van der Waals surface area contributed by atoms with Crippen molar-refractivity contribution in [3.05, 3.63) is 102 Å². The lowest BCUT2D eigenvalue weighted by atomic mass is 10.0. The fourth-order valence-corrected chi connectivity index (χ4v) is 9.80. The van der Waals surface area contributed by atoms with Crippen LogP contribution in [0.15, 0.2) is 85.1 Å². The number of carbonyl (C=O) groups excluding carboxylic acids is 9. The average molecular weight is 1290 g/mol. The first-order chi connectivity index (χ1) is 43.0. The number of aromatic nitrogens is 1. The molecule has 0 fully saturated rings. The van der Waals surface area contributed by atoms with Gasteiger partial charge in [0, 0.05) is 42.8 Å². The lowest BCUT2D eigenvalue weighted by molar-refractivity contribution is -0.141. The highest BCUT2D eigenvalue weighted by Crippen LogP contribution is 2.21. The number of carbonyl (C=O) groups is 11. The topological polar surface area (TPSA) is 465 Å². The number of ether oxygens (including phenoxy) is 1. The molecule has 4 aromatic rings. The molecule has 1 heterocycles. The zero-order valence-corrected chi connectivity index (χ0v) is 52.4. The van der Waals surface area contributed by atoms with Gasteiger partial charge in [0.05, 0.1) is 6.42 Å². The van der Waals surface area contributed by atoms with Crippen LogP contribution in [-0.2, 0) is 82.3 Å². The molecule has 1 aromatic heterocycles. The normalized spacial score (nSPS) is 14.1. The third-order valence-corrected chi connectivity index (χ3v) is 14.5. The number of carboxylic acids is 2. The summed E-state index contributed by atoms with van der Waals surface area (Å²) in [6.45, 7) is 8.47.